The van der Waals surface area contributed by atoms with E-state index in [0.717, 1.165) is 44.2 Å². The van der Waals surface area contributed by atoms with E-state index in [1.54, 1.807) is 12.1 Å². The molecule has 3 aliphatic heterocycles. The van der Waals surface area contributed by atoms with Crippen LogP contribution in [0, 0.1) is 10.1 Å². The number of aliphatic carboxylic acids is 1. The summed E-state index contributed by atoms with van der Waals surface area (Å²) in [5.74, 6) is -0.929. The van der Waals surface area contributed by atoms with E-state index in [1.807, 2.05) is 97.9 Å². The molecule has 264 valence electrons. The van der Waals surface area contributed by atoms with Gasteiger partial charge in [0.05, 0.1) is 16.2 Å². The predicted octanol–water partition coefficient (Wildman–Crippen LogP) is 6.29. The molecule has 51 heavy (non-hydrogen) atoms. The first-order valence-electron chi connectivity index (χ1n) is 15.4. The number of nitro benzene ring substituents is 1. The SMILES string of the molecule is CCSSC(=O)SC1C(OC)C(=O)N1C(C(=O)O)=P(c1ccccc1)(c1ccccc1)c1ccccc1.O=C1Nc2ccc(c([N+](=O)[O-])c2)CO1. The monoisotopic (exact) mass is 765 g/mol. The number of fused-ring (bicyclic) bond motifs is 5. The van der Waals surface area contributed by atoms with Crippen molar-refractivity contribution in [2.45, 2.75) is 25.0 Å². The predicted molar refractivity (Wildman–Crippen MR) is 205 cm³/mol. The van der Waals surface area contributed by atoms with Gasteiger partial charge in [-0.05, 0) is 50.6 Å². The molecule has 0 aromatic heterocycles. The lowest BCUT2D eigenvalue weighted by Gasteiger charge is -2.47. The molecule has 1 fully saturated rings. The van der Waals surface area contributed by atoms with Crippen LogP contribution in [0.4, 0.5) is 21.0 Å². The zero-order chi connectivity index (χ0) is 36.5. The number of thioether (sulfide) groups is 1. The Bertz CT molecular complexity index is 1880. The molecule has 2 bridgehead atoms. The minimum absolute atomic E-state index is 0.0344. The molecule has 12 nitrogen and oxygen atoms in total. The normalized spacial score (nSPS) is 16.3. The van der Waals surface area contributed by atoms with Gasteiger partial charge in [0.15, 0.2) is 6.10 Å². The number of ether oxygens (including phenoxy) is 2. The number of likely N-dealkylation sites (tertiary alicyclic amines) is 1. The van der Waals surface area contributed by atoms with Crippen LogP contribution in [0.15, 0.2) is 109 Å². The van der Waals surface area contributed by atoms with Crippen LogP contribution in [0.5, 0.6) is 0 Å². The minimum Gasteiger partial charge on any atom is -0.477 e. The highest BCUT2D eigenvalue weighted by atomic mass is 33.1. The van der Waals surface area contributed by atoms with Crippen molar-refractivity contribution in [1.82, 2.24) is 4.90 Å². The first-order chi connectivity index (χ1) is 24.6. The fourth-order valence-corrected chi connectivity index (χ4v) is 13.0. The fraction of sp³-hybridized carbons (Fsp3) is 0.171. The number of methoxy groups -OCH3 is 1. The van der Waals surface area contributed by atoms with Crippen LogP contribution in [-0.4, -0.2) is 67.1 Å². The van der Waals surface area contributed by atoms with Gasteiger partial charge in [-0.25, -0.2) is 9.59 Å². The quantitative estimate of drug-likeness (QED) is 0.0611. The summed E-state index contributed by atoms with van der Waals surface area (Å²) < 4.78 is 9.92. The van der Waals surface area contributed by atoms with Crippen molar-refractivity contribution in [2.24, 2.45) is 0 Å². The lowest BCUT2D eigenvalue weighted by molar-refractivity contribution is -0.385. The largest absolute Gasteiger partial charge is 0.477 e. The fourth-order valence-electron chi connectivity index (χ4n) is 5.63. The molecule has 4 aromatic rings. The van der Waals surface area contributed by atoms with Crippen LogP contribution < -0.4 is 21.2 Å². The maximum atomic E-state index is 13.5. The lowest BCUT2D eigenvalue weighted by atomic mass is 10.1. The molecule has 1 saturated heterocycles. The lowest BCUT2D eigenvalue weighted by Crippen LogP contribution is -2.68. The third-order valence-electron chi connectivity index (χ3n) is 7.76. The van der Waals surface area contributed by atoms with Gasteiger partial charge in [-0.3, -0.25) is 29.9 Å². The van der Waals surface area contributed by atoms with Gasteiger partial charge in [0.25, 0.3) is 16.0 Å². The summed E-state index contributed by atoms with van der Waals surface area (Å²) in [5.41, 5.74) is 0.689. The number of carboxylic acids is 1. The first-order valence-corrected chi connectivity index (χ1v) is 20.4. The summed E-state index contributed by atoms with van der Waals surface area (Å²) in [6, 6.07) is 32.8. The van der Waals surface area contributed by atoms with Crippen molar-refractivity contribution in [3.05, 3.63) is 125 Å². The number of benzene rings is 4. The van der Waals surface area contributed by atoms with Crippen LogP contribution in [0.25, 0.3) is 0 Å². The molecule has 0 saturated carbocycles. The molecule has 7 rings (SSSR count). The van der Waals surface area contributed by atoms with Gasteiger partial charge in [0, 0.05) is 25.8 Å². The molecule has 2 unspecified atom stereocenters. The number of hydrogen-bond acceptors (Lipinski definition) is 11. The van der Waals surface area contributed by atoms with E-state index in [2.05, 4.69) is 5.32 Å². The Hall–Kier alpha value is -4.53. The maximum Gasteiger partial charge on any atom is 0.411 e. The highest BCUT2D eigenvalue weighted by Gasteiger charge is 2.55. The second-order valence-electron chi connectivity index (χ2n) is 10.7. The topological polar surface area (TPSA) is 165 Å². The third kappa shape index (κ3) is 8.03. The Morgan fingerprint density at radius 2 is 1.51 bits per heavy atom. The van der Waals surface area contributed by atoms with Gasteiger partial charge in [-0.2, -0.15) is 0 Å². The Morgan fingerprint density at radius 3 is 1.98 bits per heavy atom. The number of carbonyl (C=O) groups excluding carboxylic acids is 3. The van der Waals surface area contributed by atoms with Crippen LogP contribution in [0.3, 0.4) is 0 Å². The Morgan fingerprint density at radius 1 is 0.961 bits per heavy atom. The summed E-state index contributed by atoms with van der Waals surface area (Å²) in [6.07, 6.45) is -1.51. The molecule has 16 heteroatoms. The van der Waals surface area contributed by atoms with E-state index < -0.39 is 41.3 Å². The molecule has 0 radical (unpaired) electrons. The molecule has 2 N–H and O–H groups in total. The number of carbonyl (C=O) groups is 4. The maximum absolute atomic E-state index is 13.5. The van der Waals surface area contributed by atoms with E-state index in [4.69, 9.17) is 9.47 Å². The number of hydrogen-bond donors (Lipinski definition) is 2. The van der Waals surface area contributed by atoms with Gasteiger partial charge in [0.1, 0.15) is 17.4 Å². The van der Waals surface area contributed by atoms with E-state index in [1.165, 1.54) is 28.9 Å². The van der Waals surface area contributed by atoms with Crippen molar-refractivity contribution >= 4 is 95.4 Å². The van der Waals surface area contributed by atoms with E-state index in [0.29, 0.717) is 11.3 Å². The zero-order valence-electron chi connectivity index (χ0n) is 27.2. The molecule has 0 aliphatic carbocycles. The number of nitrogens with zero attached hydrogens (tertiary/aromatic N) is 2. The number of carboxylic acid groups (broad SMARTS) is 1. The zero-order valence-corrected chi connectivity index (χ0v) is 30.6. The highest BCUT2D eigenvalue weighted by molar-refractivity contribution is 8.85. The summed E-state index contributed by atoms with van der Waals surface area (Å²) in [7, 11) is 3.89. The molecule has 4 aromatic carbocycles. The molecule has 3 heterocycles. The molecule has 3 aliphatic rings. The average Bonchev–Trinajstić information content (AvgIpc) is 3.13. The minimum atomic E-state index is -3.09. The van der Waals surface area contributed by atoms with Gasteiger partial charge in [-0.15, -0.1) is 0 Å². The Labute approximate surface area is 305 Å². The summed E-state index contributed by atoms with van der Waals surface area (Å²) in [5, 5.41) is 25.4. The molecule has 2 amide bonds. The molecule has 0 spiro atoms. The van der Waals surface area contributed by atoms with Crippen LogP contribution >= 0.6 is 40.2 Å². The van der Waals surface area contributed by atoms with Crippen molar-refractivity contribution in [2.75, 3.05) is 18.2 Å². The Balaban J connectivity index is 0.000000299. The molecular formula is C35H32N3O9PS3. The average molecular weight is 766 g/mol. The second-order valence-corrected chi connectivity index (χ2v) is 17.9. The number of amides is 2. The third-order valence-corrected chi connectivity index (χ3v) is 15.8. The number of rotatable bonds is 10. The van der Waals surface area contributed by atoms with E-state index in [9.17, 15) is 34.4 Å². The van der Waals surface area contributed by atoms with Crippen LogP contribution in [-0.2, 0) is 25.7 Å². The number of nitro groups is 1. The van der Waals surface area contributed by atoms with E-state index >= 15 is 0 Å². The van der Waals surface area contributed by atoms with Crippen molar-refractivity contribution in [1.29, 1.82) is 0 Å². The number of β-lactam (4-membered cyclic amide) rings is 1. The van der Waals surface area contributed by atoms with E-state index in [-0.39, 0.29) is 22.2 Å². The van der Waals surface area contributed by atoms with Gasteiger partial charge in [0.2, 0.25) is 0 Å². The summed E-state index contributed by atoms with van der Waals surface area (Å²) >= 11 is 0.935. The van der Waals surface area contributed by atoms with Crippen molar-refractivity contribution in [3.8, 4) is 0 Å². The highest BCUT2D eigenvalue weighted by Crippen LogP contribution is 2.50. The van der Waals surface area contributed by atoms with Crippen LogP contribution in [0.1, 0.15) is 12.5 Å². The molecular weight excluding hydrogens is 734 g/mol. The smallest absolute Gasteiger partial charge is 0.411 e. The molecule has 2 atom stereocenters. The van der Waals surface area contributed by atoms with Gasteiger partial charge < -0.3 is 14.6 Å². The van der Waals surface area contributed by atoms with Crippen molar-refractivity contribution < 1.29 is 38.7 Å². The second kappa shape index (κ2) is 17.1. The summed E-state index contributed by atoms with van der Waals surface area (Å²) in [4.78, 5) is 61.8. The van der Waals surface area contributed by atoms with Gasteiger partial charge in [-0.1, -0.05) is 109 Å². The van der Waals surface area contributed by atoms with Gasteiger partial charge >= 0.3 is 12.1 Å². The number of anilines is 1. The number of nitrogens with one attached hydrogen (secondary N) is 1. The van der Waals surface area contributed by atoms with Crippen LogP contribution in [0.2, 0.25) is 0 Å². The Kier molecular flexibility index (Phi) is 12.7. The first kappa shape index (κ1) is 37.7. The summed E-state index contributed by atoms with van der Waals surface area (Å²) in [6.45, 7) is -1.22. The van der Waals surface area contributed by atoms with Crippen molar-refractivity contribution in [3.63, 3.8) is 0 Å². The standard InChI is InChI=1S/C27H26NO5PS3.C8H6N2O4/c1-3-35-37-27(32)36-25-22(33-2)23(29)28(25)24(26(30)31)34(19-13-7-4-8-14-19,20-15-9-5-10-16-20)21-17-11-6-12-18-21;11-8-9-6-2-1-5(4-14-8)7(3-6)10(12)13/h4-18,22,25H,3H2,1-2H3,(H,30,31);1-3H,4H2,(H,9,11).